The number of carbonyl (C=O) groups excluding carboxylic acids is 2. The van der Waals surface area contributed by atoms with E-state index in [1.54, 1.807) is 18.7 Å². The van der Waals surface area contributed by atoms with E-state index in [1.807, 2.05) is 30.3 Å². The fourth-order valence-electron chi connectivity index (χ4n) is 3.09. The van der Waals surface area contributed by atoms with Crippen molar-refractivity contribution in [1.29, 1.82) is 0 Å². The summed E-state index contributed by atoms with van der Waals surface area (Å²) < 4.78 is 26.2. The molecule has 0 saturated carbocycles. The zero-order valence-corrected chi connectivity index (χ0v) is 16.5. The lowest BCUT2D eigenvalue weighted by atomic mass is 9.95. The van der Waals surface area contributed by atoms with Crippen molar-refractivity contribution < 1.29 is 18.0 Å². The molecule has 27 heavy (non-hydrogen) atoms. The monoisotopic (exact) mass is 396 g/mol. The quantitative estimate of drug-likeness (QED) is 0.561. The zero-order valence-electron chi connectivity index (χ0n) is 15.7. The summed E-state index contributed by atoms with van der Waals surface area (Å²) >= 11 is 0. The Kier molecular flexibility index (Phi) is 7.34. The van der Waals surface area contributed by atoms with Crippen molar-refractivity contribution in [3.63, 3.8) is 0 Å². The zero-order chi connectivity index (χ0) is 20.0. The van der Waals surface area contributed by atoms with Crippen LogP contribution >= 0.6 is 0 Å². The number of carbonyl (C=O) groups is 2. The normalized spacial score (nSPS) is 20.1. The van der Waals surface area contributed by atoms with Gasteiger partial charge < -0.3 is 16.0 Å². The molecule has 0 bridgehead atoms. The predicted octanol–water partition coefficient (Wildman–Crippen LogP) is -0.226. The molecule has 0 aromatic heterocycles. The van der Waals surface area contributed by atoms with Crippen molar-refractivity contribution in [3.8, 4) is 0 Å². The topological polar surface area (TPSA) is 122 Å². The molecule has 2 atom stereocenters. The highest BCUT2D eigenvalue weighted by molar-refractivity contribution is 7.89. The molecular weight excluding hydrogens is 368 g/mol. The maximum atomic E-state index is 12.4. The van der Waals surface area contributed by atoms with Crippen molar-refractivity contribution in [2.75, 3.05) is 25.4 Å². The summed E-state index contributed by atoms with van der Waals surface area (Å²) in [6.07, 6.45) is -0.143. The third-order valence-electron chi connectivity index (χ3n) is 4.43. The molecule has 1 aromatic rings. The highest BCUT2D eigenvalue weighted by Crippen LogP contribution is 2.26. The molecule has 0 spiro atoms. The first-order valence-corrected chi connectivity index (χ1v) is 10.7. The van der Waals surface area contributed by atoms with Crippen LogP contribution < -0.4 is 15.8 Å². The Bertz CT molecular complexity index is 752. The summed E-state index contributed by atoms with van der Waals surface area (Å²) in [5.74, 6) is -0.968. The van der Waals surface area contributed by atoms with Crippen molar-refractivity contribution in [2.45, 2.75) is 38.3 Å². The Morgan fingerprint density at radius 2 is 1.89 bits per heavy atom. The summed E-state index contributed by atoms with van der Waals surface area (Å²) in [4.78, 5) is 25.5. The number of nitrogens with zero attached hydrogens (tertiary/aromatic N) is 1. The summed E-state index contributed by atoms with van der Waals surface area (Å²) in [6.45, 7) is 4.12. The first kappa shape index (κ1) is 21.3. The van der Waals surface area contributed by atoms with Crippen LogP contribution in [0.4, 0.5) is 0 Å². The molecule has 1 heterocycles. The van der Waals surface area contributed by atoms with Crippen molar-refractivity contribution >= 4 is 21.8 Å². The predicted molar refractivity (Wildman–Crippen MR) is 103 cm³/mol. The van der Waals surface area contributed by atoms with E-state index in [-0.39, 0.29) is 42.6 Å². The van der Waals surface area contributed by atoms with Gasteiger partial charge in [-0.1, -0.05) is 30.3 Å². The van der Waals surface area contributed by atoms with Crippen LogP contribution in [0.25, 0.3) is 0 Å². The van der Waals surface area contributed by atoms with E-state index in [2.05, 4.69) is 10.0 Å². The minimum Gasteiger partial charge on any atom is -0.353 e. The largest absolute Gasteiger partial charge is 0.353 e. The van der Waals surface area contributed by atoms with E-state index in [9.17, 15) is 18.0 Å². The Hall–Kier alpha value is -1.97. The van der Waals surface area contributed by atoms with Gasteiger partial charge in [0.2, 0.25) is 21.8 Å². The second kappa shape index (κ2) is 9.29. The fraction of sp³-hybridized carbons (Fsp3) is 0.556. The Morgan fingerprint density at radius 3 is 2.52 bits per heavy atom. The van der Waals surface area contributed by atoms with E-state index in [0.717, 1.165) is 5.56 Å². The number of nitrogens with one attached hydrogen (secondary N) is 2. The minimum absolute atomic E-state index is 0.0459. The van der Waals surface area contributed by atoms with Gasteiger partial charge in [-0.2, -0.15) is 0 Å². The molecule has 1 aliphatic rings. The van der Waals surface area contributed by atoms with Crippen molar-refractivity contribution in [1.82, 2.24) is 14.9 Å². The fourth-order valence-corrected chi connectivity index (χ4v) is 4.02. The molecule has 2 amide bonds. The van der Waals surface area contributed by atoms with E-state index in [1.165, 1.54) is 0 Å². The molecule has 150 valence electrons. The van der Waals surface area contributed by atoms with E-state index in [0.29, 0.717) is 13.1 Å². The minimum atomic E-state index is -3.71. The van der Waals surface area contributed by atoms with Crippen LogP contribution in [0, 0.1) is 0 Å². The smallest absolute Gasteiger partial charge is 0.235 e. The average molecular weight is 397 g/mol. The summed E-state index contributed by atoms with van der Waals surface area (Å²) in [5, 5.41) is 2.60. The molecule has 0 radical (unpaired) electrons. The molecule has 9 heteroatoms. The standard InChI is InChI=1S/C18H28N4O4S/c1-13(2)21-17(23)10-20-27(25,26)9-8-18(24)22-11-15(16(19)12-22)14-6-4-3-5-7-14/h3-7,13,15-16,20H,8-12,19H2,1-2H3,(H,21,23)/t15-,16+/m0/s1. The molecular formula is C18H28N4O4S. The molecule has 4 N–H and O–H groups in total. The lowest BCUT2D eigenvalue weighted by molar-refractivity contribution is -0.129. The first-order valence-electron chi connectivity index (χ1n) is 9.03. The van der Waals surface area contributed by atoms with Crippen LogP contribution in [0.15, 0.2) is 30.3 Å². The Morgan fingerprint density at radius 1 is 1.22 bits per heavy atom. The third-order valence-corrected chi connectivity index (χ3v) is 5.76. The number of sulfonamides is 1. The number of benzene rings is 1. The number of nitrogens with two attached hydrogens (primary N) is 1. The molecule has 1 aliphatic heterocycles. The highest BCUT2D eigenvalue weighted by Gasteiger charge is 2.34. The molecule has 1 saturated heterocycles. The lowest BCUT2D eigenvalue weighted by Gasteiger charge is -2.16. The molecule has 1 aromatic carbocycles. The van der Waals surface area contributed by atoms with Crippen molar-refractivity contribution in [3.05, 3.63) is 35.9 Å². The second-order valence-electron chi connectivity index (χ2n) is 7.09. The Balaban J connectivity index is 1.82. The summed E-state index contributed by atoms with van der Waals surface area (Å²) in [5.41, 5.74) is 7.25. The van der Waals surface area contributed by atoms with Gasteiger partial charge in [-0.25, -0.2) is 13.1 Å². The molecule has 8 nitrogen and oxygen atoms in total. The van der Waals surface area contributed by atoms with Crippen molar-refractivity contribution in [2.24, 2.45) is 5.73 Å². The van der Waals surface area contributed by atoms with Crippen LogP contribution in [0.2, 0.25) is 0 Å². The Labute approximate surface area is 160 Å². The maximum absolute atomic E-state index is 12.4. The molecule has 0 aliphatic carbocycles. The van der Waals surface area contributed by atoms with Crippen LogP contribution in [-0.4, -0.2) is 62.6 Å². The summed E-state index contributed by atoms with van der Waals surface area (Å²) in [7, 11) is -3.71. The lowest BCUT2D eigenvalue weighted by Crippen LogP contribution is -2.41. The van der Waals surface area contributed by atoms with E-state index >= 15 is 0 Å². The van der Waals surface area contributed by atoms with Gasteiger partial charge in [0.15, 0.2) is 0 Å². The van der Waals surface area contributed by atoms with E-state index < -0.39 is 15.9 Å². The first-order chi connectivity index (χ1) is 12.7. The summed E-state index contributed by atoms with van der Waals surface area (Å²) in [6, 6.07) is 9.50. The SMILES string of the molecule is CC(C)NC(=O)CNS(=O)(=O)CCC(=O)N1C[C@@H](N)[C@H](c2ccccc2)C1. The molecule has 2 rings (SSSR count). The number of rotatable bonds is 8. The van der Waals surface area contributed by atoms with Gasteiger partial charge in [0.25, 0.3) is 0 Å². The van der Waals surface area contributed by atoms with Gasteiger partial charge in [-0.05, 0) is 19.4 Å². The third kappa shape index (κ3) is 6.60. The van der Waals surface area contributed by atoms with Gasteiger partial charge in [-0.3, -0.25) is 9.59 Å². The number of hydrogen-bond donors (Lipinski definition) is 3. The van der Waals surface area contributed by atoms with Crippen LogP contribution in [0.5, 0.6) is 0 Å². The highest BCUT2D eigenvalue weighted by atomic mass is 32.2. The number of likely N-dealkylation sites (tertiary alicyclic amines) is 1. The number of hydrogen-bond acceptors (Lipinski definition) is 5. The van der Waals surface area contributed by atoms with E-state index in [4.69, 9.17) is 5.73 Å². The maximum Gasteiger partial charge on any atom is 0.235 e. The van der Waals surface area contributed by atoms with Gasteiger partial charge in [0.1, 0.15) is 0 Å². The van der Waals surface area contributed by atoms with Gasteiger partial charge in [0.05, 0.1) is 12.3 Å². The molecule has 1 fully saturated rings. The van der Waals surface area contributed by atoms with Crippen LogP contribution in [-0.2, 0) is 19.6 Å². The number of amides is 2. The van der Waals surface area contributed by atoms with Gasteiger partial charge >= 0.3 is 0 Å². The van der Waals surface area contributed by atoms with Crippen LogP contribution in [0.3, 0.4) is 0 Å². The average Bonchev–Trinajstić information content (AvgIpc) is 3.00. The molecule has 0 unspecified atom stereocenters. The van der Waals surface area contributed by atoms with Gasteiger partial charge in [-0.15, -0.1) is 0 Å². The van der Waals surface area contributed by atoms with Crippen LogP contribution in [0.1, 0.15) is 31.7 Å². The second-order valence-corrected chi connectivity index (χ2v) is 9.02. The van der Waals surface area contributed by atoms with Gasteiger partial charge in [0, 0.05) is 37.5 Å².